The predicted molar refractivity (Wildman–Crippen MR) is 152 cm³/mol. The van der Waals surface area contributed by atoms with Crippen LogP contribution in [0.5, 0.6) is 5.75 Å². The summed E-state index contributed by atoms with van der Waals surface area (Å²) in [6.07, 6.45) is 4.40. The van der Waals surface area contributed by atoms with Gasteiger partial charge in [-0.1, -0.05) is 42.5 Å². The maximum absolute atomic E-state index is 12.2. The van der Waals surface area contributed by atoms with E-state index in [1.165, 1.54) is 18.2 Å². The highest BCUT2D eigenvalue weighted by Gasteiger charge is 2.47. The third-order valence-electron chi connectivity index (χ3n) is 8.45. The summed E-state index contributed by atoms with van der Waals surface area (Å²) < 4.78 is 11.7. The largest absolute Gasteiger partial charge is 0.485 e. The zero-order valence-electron chi connectivity index (χ0n) is 22.1. The van der Waals surface area contributed by atoms with Gasteiger partial charge < -0.3 is 25.2 Å². The molecule has 3 N–H and O–H groups in total. The number of hydrogen-bond acceptors (Lipinski definition) is 6. The van der Waals surface area contributed by atoms with Crippen molar-refractivity contribution in [3.63, 3.8) is 0 Å². The van der Waals surface area contributed by atoms with Gasteiger partial charge in [-0.15, -0.1) is 0 Å². The number of nitrogens with two attached hydrogens (primary N) is 1. The van der Waals surface area contributed by atoms with Gasteiger partial charge in [-0.05, 0) is 83.2 Å². The Bertz CT molecular complexity index is 1530. The lowest BCUT2D eigenvalue weighted by Gasteiger charge is -2.39. The van der Waals surface area contributed by atoms with Gasteiger partial charge in [-0.3, -0.25) is 0 Å². The number of carbonyl (C=O) groups is 1. The number of aliphatic hydroxyl groups is 1. The Labute approximate surface area is 228 Å². The Morgan fingerprint density at radius 3 is 2.64 bits per heavy atom. The van der Waals surface area contributed by atoms with Crippen LogP contribution in [0, 0.1) is 0 Å². The number of para-hydroxylation sites is 1. The van der Waals surface area contributed by atoms with Crippen molar-refractivity contribution in [1.29, 1.82) is 0 Å². The first-order valence-electron chi connectivity index (χ1n) is 13.5. The van der Waals surface area contributed by atoms with Crippen LogP contribution in [0.2, 0.25) is 0 Å². The summed E-state index contributed by atoms with van der Waals surface area (Å²) in [4.78, 5) is 18.2. The van der Waals surface area contributed by atoms with Crippen molar-refractivity contribution >= 4 is 22.7 Å². The number of nitrogen functional groups attached to an aromatic ring is 1. The van der Waals surface area contributed by atoms with Gasteiger partial charge >= 0.3 is 6.09 Å². The van der Waals surface area contributed by atoms with Crippen molar-refractivity contribution in [3.05, 3.63) is 89.6 Å². The summed E-state index contributed by atoms with van der Waals surface area (Å²) in [5, 5.41) is 11.6. The highest BCUT2D eigenvalue weighted by molar-refractivity contribution is 5.94. The first-order chi connectivity index (χ1) is 19.0. The van der Waals surface area contributed by atoms with E-state index >= 15 is 0 Å². The molecule has 2 aliphatic rings. The molecule has 1 fully saturated rings. The third-order valence-corrected chi connectivity index (χ3v) is 8.45. The molecule has 3 aromatic carbocycles. The van der Waals surface area contributed by atoms with Crippen LogP contribution in [-0.2, 0) is 16.6 Å². The number of aromatic nitrogens is 1. The summed E-state index contributed by atoms with van der Waals surface area (Å²) in [6.45, 7) is 1.37. The summed E-state index contributed by atoms with van der Waals surface area (Å²) in [5.41, 5.74) is 11.8. The van der Waals surface area contributed by atoms with Crippen LogP contribution in [0.4, 0.5) is 10.6 Å². The van der Waals surface area contributed by atoms with Crippen LogP contribution in [0.15, 0.2) is 72.9 Å². The van der Waals surface area contributed by atoms with E-state index in [0.29, 0.717) is 25.3 Å². The number of carbonyl (C=O) groups excluding carboxylic acids is 1. The van der Waals surface area contributed by atoms with Crippen LogP contribution in [0.25, 0.3) is 21.9 Å². The average molecular weight is 524 g/mol. The SMILES string of the molecule is COC(=O)N1CCC2(CC1)C[C@H](Oc1ccccc1CCO)c1cc(-c3ccc4ccnc(N)c4c3)ccc12. The van der Waals surface area contributed by atoms with E-state index in [-0.39, 0.29) is 24.2 Å². The lowest BCUT2D eigenvalue weighted by molar-refractivity contribution is 0.0899. The number of pyridine rings is 1. The number of benzene rings is 3. The Kier molecular flexibility index (Phi) is 6.61. The summed E-state index contributed by atoms with van der Waals surface area (Å²) >= 11 is 0. The van der Waals surface area contributed by atoms with E-state index in [2.05, 4.69) is 41.4 Å². The zero-order chi connectivity index (χ0) is 27.0. The summed E-state index contributed by atoms with van der Waals surface area (Å²) in [7, 11) is 1.43. The normalized spacial score (nSPS) is 17.8. The van der Waals surface area contributed by atoms with Crippen molar-refractivity contribution in [1.82, 2.24) is 9.88 Å². The molecular weight excluding hydrogens is 490 g/mol. The van der Waals surface area contributed by atoms with Gasteiger partial charge in [-0.25, -0.2) is 9.78 Å². The Hall–Kier alpha value is -4.10. The summed E-state index contributed by atoms with van der Waals surface area (Å²) in [5.74, 6) is 1.33. The second-order valence-corrected chi connectivity index (χ2v) is 10.6. The molecule has 7 nitrogen and oxygen atoms in total. The van der Waals surface area contributed by atoms with Crippen molar-refractivity contribution in [2.24, 2.45) is 0 Å². The van der Waals surface area contributed by atoms with E-state index in [0.717, 1.165) is 52.5 Å². The minimum Gasteiger partial charge on any atom is -0.485 e. The van der Waals surface area contributed by atoms with Gasteiger partial charge in [-0.2, -0.15) is 0 Å². The molecule has 1 atom stereocenters. The van der Waals surface area contributed by atoms with E-state index in [1.54, 1.807) is 11.1 Å². The third kappa shape index (κ3) is 4.57. The predicted octanol–water partition coefficient (Wildman–Crippen LogP) is 5.64. The van der Waals surface area contributed by atoms with E-state index in [4.69, 9.17) is 15.2 Å². The molecule has 1 saturated heterocycles. The van der Waals surface area contributed by atoms with Crippen molar-refractivity contribution < 1.29 is 19.4 Å². The van der Waals surface area contributed by atoms with Crippen molar-refractivity contribution in [2.75, 3.05) is 32.5 Å². The van der Waals surface area contributed by atoms with E-state index in [9.17, 15) is 9.90 Å². The topological polar surface area (TPSA) is 97.9 Å². The molecule has 200 valence electrons. The number of fused-ring (bicyclic) bond motifs is 3. The van der Waals surface area contributed by atoms with Crippen LogP contribution >= 0.6 is 0 Å². The maximum atomic E-state index is 12.2. The number of ether oxygens (including phenoxy) is 2. The van der Waals surface area contributed by atoms with Crippen LogP contribution in [0.1, 0.15) is 42.1 Å². The fraction of sp³-hybridized carbons (Fsp3) is 0.312. The van der Waals surface area contributed by atoms with Crippen LogP contribution < -0.4 is 10.5 Å². The Morgan fingerprint density at radius 2 is 1.85 bits per heavy atom. The molecule has 1 aliphatic carbocycles. The molecule has 7 heteroatoms. The van der Waals surface area contributed by atoms with Gasteiger partial charge in [0.2, 0.25) is 0 Å². The van der Waals surface area contributed by atoms with Crippen LogP contribution in [0.3, 0.4) is 0 Å². The number of aliphatic hydroxyl groups excluding tert-OH is 1. The van der Waals surface area contributed by atoms with Crippen LogP contribution in [-0.4, -0.2) is 47.9 Å². The lowest BCUT2D eigenvalue weighted by atomic mass is 9.73. The van der Waals surface area contributed by atoms with Crippen molar-refractivity contribution in [3.8, 4) is 16.9 Å². The Morgan fingerprint density at radius 1 is 1.08 bits per heavy atom. The molecule has 2 heterocycles. The maximum Gasteiger partial charge on any atom is 0.409 e. The van der Waals surface area contributed by atoms with E-state index < -0.39 is 0 Å². The number of nitrogens with zero attached hydrogens (tertiary/aromatic N) is 2. The molecule has 1 aliphatic heterocycles. The fourth-order valence-electron chi connectivity index (χ4n) is 6.36. The number of rotatable bonds is 5. The van der Waals surface area contributed by atoms with Gasteiger partial charge in [0.1, 0.15) is 17.7 Å². The number of hydrogen-bond donors (Lipinski definition) is 2. The van der Waals surface area contributed by atoms with E-state index in [1.807, 2.05) is 30.3 Å². The monoisotopic (exact) mass is 523 g/mol. The molecule has 4 aromatic rings. The molecular formula is C32H33N3O4. The number of likely N-dealkylation sites (tertiary alicyclic amines) is 1. The minimum atomic E-state index is -0.269. The lowest BCUT2D eigenvalue weighted by Crippen LogP contribution is -2.44. The highest BCUT2D eigenvalue weighted by atomic mass is 16.5. The molecule has 0 bridgehead atoms. The average Bonchev–Trinajstić information content (AvgIpc) is 3.26. The first-order valence-corrected chi connectivity index (χ1v) is 13.5. The molecule has 0 saturated carbocycles. The quantitative estimate of drug-likeness (QED) is 0.351. The summed E-state index contributed by atoms with van der Waals surface area (Å²) in [6, 6.07) is 22.9. The smallest absolute Gasteiger partial charge is 0.409 e. The molecule has 0 unspecified atom stereocenters. The molecule has 1 spiro atoms. The second kappa shape index (κ2) is 10.2. The van der Waals surface area contributed by atoms with Crippen molar-refractivity contribution in [2.45, 2.75) is 37.2 Å². The van der Waals surface area contributed by atoms with Gasteiger partial charge in [0.05, 0.1) is 7.11 Å². The van der Waals surface area contributed by atoms with Gasteiger partial charge in [0.25, 0.3) is 0 Å². The minimum absolute atomic E-state index is 0.0685. The Balaban J connectivity index is 1.40. The fourth-order valence-corrected chi connectivity index (χ4v) is 6.36. The molecule has 1 aromatic heterocycles. The van der Waals surface area contributed by atoms with Gasteiger partial charge in [0.15, 0.2) is 0 Å². The highest BCUT2D eigenvalue weighted by Crippen LogP contribution is 2.53. The molecule has 39 heavy (non-hydrogen) atoms. The number of anilines is 1. The first kappa shape index (κ1) is 25.2. The zero-order valence-corrected chi connectivity index (χ0v) is 22.1. The number of amides is 1. The second-order valence-electron chi connectivity index (χ2n) is 10.6. The van der Waals surface area contributed by atoms with Gasteiger partial charge in [0, 0.05) is 36.7 Å². The molecule has 0 radical (unpaired) electrons. The number of methoxy groups -OCH3 is 1. The molecule has 6 rings (SSSR count). The standard InChI is InChI=1S/C32H33N3O4/c1-38-31(37)35-15-12-32(13-16-35)20-29(39-28-5-3-2-4-22(28)11-17-36)26-19-24(8-9-27(26)32)23-7-6-21-10-14-34-30(33)25(21)18-23/h2-10,14,18-19,29,36H,11-13,15-17,20H2,1H3,(H2,33,34)/t29-/m0/s1. The molecule has 1 amide bonds. The number of piperidine rings is 1.